The lowest BCUT2D eigenvalue weighted by Gasteiger charge is -2.30. The van der Waals surface area contributed by atoms with Crippen molar-refractivity contribution in [1.29, 1.82) is 0 Å². The highest BCUT2D eigenvalue weighted by Crippen LogP contribution is 2.16. The van der Waals surface area contributed by atoms with Crippen LogP contribution in [-0.4, -0.2) is 36.1 Å². The van der Waals surface area contributed by atoms with Crippen molar-refractivity contribution in [2.45, 2.75) is 78.0 Å². The Kier molecular flexibility index (Phi) is 6.65. The second-order valence-electron chi connectivity index (χ2n) is 6.91. The fourth-order valence-corrected chi connectivity index (χ4v) is 2.36. The number of carbonyl (C=O) groups is 2. The first kappa shape index (κ1) is 18.0. The molecule has 1 amide bonds. The topological polar surface area (TPSA) is 67.4 Å². The van der Waals surface area contributed by atoms with Gasteiger partial charge < -0.3 is 15.4 Å². The van der Waals surface area contributed by atoms with Crippen LogP contribution in [0.2, 0.25) is 0 Å². The van der Waals surface area contributed by atoms with Crippen LogP contribution in [-0.2, 0) is 14.3 Å². The number of hydrogen-bond acceptors (Lipinski definition) is 4. The van der Waals surface area contributed by atoms with E-state index >= 15 is 0 Å². The first-order valence-corrected chi connectivity index (χ1v) is 8.01. The third-order valence-electron chi connectivity index (χ3n) is 3.80. The van der Waals surface area contributed by atoms with E-state index in [2.05, 4.69) is 10.6 Å². The molecule has 122 valence electrons. The minimum Gasteiger partial charge on any atom is -0.458 e. The Hall–Kier alpha value is -1.10. The Bertz CT molecular complexity index is 357. The van der Waals surface area contributed by atoms with Gasteiger partial charge in [-0.1, -0.05) is 26.7 Å². The van der Waals surface area contributed by atoms with E-state index < -0.39 is 11.6 Å². The monoisotopic (exact) mass is 298 g/mol. The molecule has 0 aromatic rings. The quantitative estimate of drug-likeness (QED) is 0.762. The molecule has 0 aliphatic carbocycles. The van der Waals surface area contributed by atoms with Crippen molar-refractivity contribution in [3.63, 3.8) is 0 Å². The van der Waals surface area contributed by atoms with Crippen LogP contribution in [0.1, 0.15) is 60.3 Å². The van der Waals surface area contributed by atoms with Crippen LogP contribution in [0.5, 0.6) is 0 Å². The molecule has 0 bridgehead atoms. The highest BCUT2D eigenvalue weighted by Gasteiger charge is 2.32. The van der Waals surface area contributed by atoms with Gasteiger partial charge in [0.15, 0.2) is 0 Å². The predicted molar refractivity (Wildman–Crippen MR) is 82.9 cm³/mol. The summed E-state index contributed by atoms with van der Waals surface area (Å²) in [5.74, 6) is -0.390. The van der Waals surface area contributed by atoms with E-state index in [9.17, 15) is 9.59 Å². The van der Waals surface area contributed by atoms with Gasteiger partial charge in [-0.15, -0.1) is 0 Å². The zero-order chi connectivity index (χ0) is 16.0. The number of carbonyl (C=O) groups excluding carboxylic acids is 2. The molecule has 21 heavy (non-hydrogen) atoms. The van der Waals surface area contributed by atoms with Crippen LogP contribution in [0, 0.1) is 5.92 Å². The lowest BCUT2D eigenvalue weighted by atomic mass is 9.97. The molecule has 5 nitrogen and oxygen atoms in total. The second-order valence-corrected chi connectivity index (χ2v) is 6.91. The zero-order valence-corrected chi connectivity index (χ0v) is 14.0. The lowest BCUT2D eigenvalue weighted by molar-refractivity contribution is -0.160. The first-order chi connectivity index (χ1) is 9.74. The van der Waals surface area contributed by atoms with Crippen LogP contribution in [0.15, 0.2) is 0 Å². The molecule has 5 heteroatoms. The van der Waals surface area contributed by atoms with E-state index in [-0.39, 0.29) is 23.8 Å². The summed E-state index contributed by atoms with van der Waals surface area (Å²) in [7, 11) is 0. The van der Waals surface area contributed by atoms with E-state index in [1.807, 2.05) is 34.6 Å². The van der Waals surface area contributed by atoms with Crippen LogP contribution < -0.4 is 10.6 Å². The Morgan fingerprint density at radius 3 is 2.48 bits per heavy atom. The third kappa shape index (κ3) is 6.04. The van der Waals surface area contributed by atoms with Gasteiger partial charge in [0.25, 0.3) is 0 Å². The molecule has 1 fully saturated rings. The fourth-order valence-electron chi connectivity index (χ4n) is 2.36. The van der Waals surface area contributed by atoms with Gasteiger partial charge in [-0.2, -0.15) is 0 Å². The van der Waals surface area contributed by atoms with Gasteiger partial charge in [-0.25, -0.2) is 4.79 Å². The van der Waals surface area contributed by atoms with Crippen molar-refractivity contribution in [2.75, 3.05) is 6.54 Å². The Morgan fingerprint density at radius 1 is 1.33 bits per heavy atom. The van der Waals surface area contributed by atoms with Gasteiger partial charge in [-0.05, 0) is 46.1 Å². The molecule has 0 spiro atoms. The van der Waals surface area contributed by atoms with Crippen LogP contribution in [0.25, 0.3) is 0 Å². The molecule has 1 unspecified atom stereocenters. The molecule has 1 saturated heterocycles. The molecule has 3 atom stereocenters. The summed E-state index contributed by atoms with van der Waals surface area (Å²) in [6.45, 7) is 10.3. The molecule has 0 aromatic heterocycles. The minimum absolute atomic E-state index is 0.0485. The summed E-state index contributed by atoms with van der Waals surface area (Å²) < 4.78 is 5.44. The fraction of sp³-hybridized carbons (Fsp3) is 0.875. The van der Waals surface area contributed by atoms with E-state index in [1.165, 1.54) is 0 Å². The van der Waals surface area contributed by atoms with Gasteiger partial charge in [0.05, 0.1) is 6.04 Å². The van der Waals surface area contributed by atoms with Crippen molar-refractivity contribution in [3.05, 3.63) is 0 Å². The van der Waals surface area contributed by atoms with Crippen molar-refractivity contribution in [3.8, 4) is 0 Å². The maximum absolute atomic E-state index is 12.3. The summed E-state index contributed by atoms with van der Waals surface area (Å²) in [5.41, 5.74) is -0.545. The van der Waals surface area contributed by atoms with Crippen molar-refractivity contribution >= 4 is 11.9 Å². The summed E-state index contributed by atoms with van der Waals surface area (Å²) in [5, 5.41) is 6.09. The number of hydrogen-bond donors (Lipinski definition) is 2. The summed E-state index contributed by atoms with van der Waals surface area (Å²) >= 11 is 0. The Balaban J connectivity index is 2.69. The molecule has 0 radical (unpaired) electrons. The van der Waals surface area contributed by atoms with Gasteiger partial charge >= 0.3 is 5.97 Å². The van der Waals surface area contributed by atoms with Gasteiger partial charge in [0.1, 0.15) is 11.6 Å². The van der Waals surface area contributed by atoms with E-state index in [0.29, 0.717) is 0 Å². The van der Waals surface area contributed by atoms with Crippen molar-refractivity contribution in [2.24, 2.45) is 5.92 Å². The number of piperidine rings is 1. The second kappa shape index (κ2) is 7.78. The number of nitrogens with one attached hydrogen (secondary N) is 2. The Labute approximate surface area is 128 Å². The summed E-state index contributed by atoms with van der Waals surface area (Å²) in [6.07, 6.45) is 3.78. The third-order valence-corrected chi connectivity index (χ3v) is 3.80. The first-order valence-electron chi connectivity index (χ1n) is 8.01. The maximum Gasteiger partial charge on any atom is 0.329 e. The number of rotatable bonds is 5. The van der Waals surface area contributed by atoms with E-state index in [1.54, 1.807) is 0 Å². The largest absolute Gasteiger partial charge is 0.458 e. The molecule has 1 rings (SSSR count). The van der Waals surface area contributed by atoms with Crippen LogP contribution in [0.4, 0.5) is 0 Å². The maximum atomic E-state index is 12.3. The molecular formula is C16H30N2O3. The number of ether oxygens (including phenoxy) is 1. The van der Waals surface area contributed by atoms with Crippen LogP contribution in [0.3, 0.4) is 0 Å². The smallest absolute Gasteiger partial charge is 0.329 e. The van der Waals surface area contributed by atoms with Gasteiger partial charge in [-0.3, -0.25) is 4.79 Å². The SMILES string of the molecule is CCC(C)[C@H](NC(=O)[C@@H]1CCCCN1)C(=O)OC(C)(C)C. The highest BCUT2D eigenvalue weighted by atomic mass is 16.6. The molecule has 1 aliphatic rings. The molecule has 0 saturated carbocycles. The van der Waals surface area contributed by atoms with E-state index in [0.717, 1.165) is 32.2 Å². The summed E-state index contributed by atoms with van der Waals surface area (Å²) in [6, 6.07) is -0.766. The molecule has 2 N–H and O–H groups in total. The van der Waals surface area contributed by atoms with Gasteiger partial charge in [0, 0.05) is 0 Å². The van der Waals surface area contributed by atoms with Crippen LogP contribution >= 0.6 is 0 Å². The minimum atomic E-state index is -0.578. The van der Waals surface area contributed by atoms with Crippen molar-refractivity contribution < 1.29 is 14.3 Å². The average molecular weight is 298 g/mol. The van der Waals surface area contributed by atoms with E-state index in [4.69, 9.17) is 4.74 Å². The zero-order valence-electron chi connectivity index (χ0n) is 14.0. The number of amides is 1. The standard InChI is InChI=1S/C16H30N2O3/c1-6-11(2)13(15(20)21-16(3,4)5)18-14(19)12-9-7-8-10-17-12/h11-13,17H,6-10H2,1-5H3,(H,18,19)/t11?,12-,13-/m0/s1. The number of esters is 1. The molecule has 1 aliphatic heterocycles. The lowest BCUT2D eigenvalue weighted by Crippen LogP contribution is -2.54. The predicted octanol–water partition coefficient (Wildman–Crippen LogP) is 2.00. The van der Waals surface area contributed by atoms with Gasteiger partial charge in [0.2, 0.25) is 5.91 Å². The Morgan fingerprint density at radius 2 is 2.00 bits per heavy atom. The van der Waals surface area contributed by atoms with Crippen molar-refractivity contribution in [1.82, 2.24) is 10.6 Å². The highest BCUT2D eigenvalue weighted by molar-refractivity contribution is 5.87. The molecule has 1 heterocycles. The summed E-state index contributed by atoms with van der Waals surface area (Å²) in [4.78, 5) is 24.6. The average Bonchev–Trinajstić information content (AvgIpc) is 2.42. The molecule has 0 aromatic carbocycles. The normalized spacial score (nSPS) is 22.2. The molecular weight excluding hydrogens is 268 g/mol.